The van der Waals surface area contributed by atoms with Crippen LogP contribution in [0.2, 0.25) is 5.02 Å². The van der Waals surface area contributed by atoms with Crippen molar-refractivity contribution in [2.45, 2.75) is 59.3 Å². The van der Waals surface area contributed by atoms with Gasteiger partial charge in [-0.2, -0.15) is 5.26 Å². The highest BCUT2D eigenvalue weighted by Crippen LogP contribution is 2.34. The minimum Gasteiger partial charge on any atom is -0.489 e. The van der Waals surface area contributed by atoms with E-state index in [4.69, 9.17) is 16.3 Å². The normalized spacial score (nSPS) is 11.4. The predicted molar refractivity (Wildman–Crippen MR) is 148 cm³/mol. The molecule has 1 heterocycles. The molecule has 200 valence electrons. The molecule has 1 amide bonds. The second-order valence-electron chi connectivity index (χ2n) is 9.62. The van der Waals surface area contributed by atoms with Crippen molar-refractivity contribution in [2.75, 3.05) is 5.32 Å². The van der Waals surface area contributed by atoms with E-state index in [1.807, 2.05) is 52.8 Å². The van der Waals surface area contributed by atoms with Gasteiger partial charge in [-0.25, -0.2) is 0 Å². The standard InChI is InChI=1S/C24H22ClN3O3.C5H10O2/c1-15(2)31-22-14-28(16(3)24(30)27-19-7-5-4-6-8-19)23(29)12-21(22)20-11-18(25)10-9-17(20)13-26;1-5(2,3)7-4-6/h4-12,14-16H,1-3H3,(H,27,30);4H,1-3H3. The zero-order chi connectivity index (χ0) is 28.5. The number of benzene rings is 2. The van der Waals surface area contributed by atoms with Crippen LogP contribution in [0.25, 0.3) is 11.1 Å². The van der Waals surface area contributed by atoms with Crippen molar-refractivity contribution in [1.29, 1.82) is 5.26 Å². The van der Waals surface area contributed by atoms with Gasteiger partial charge in [0.25, 0.3) is 12.0 Å². The third-order valence-corrected chi connectivity index (χ3v) is 5.27. The van der Waals surface area contributed by atoms with Crippen LogP contribution in [-0.2, 0) is 14.3 Å². The number of hydrogen-bond acceptors (Lipinski definition) is 6. The Hall–Kier alpha value is -4.09. The van der Waals surface area contributed by atoms with Crippen LogP contribution in [0, 0.1) is 11.3 Å². The molecule has 3 rings (SSSR count). The number of carbonyl (C=O) groups excluding carboxylic acids is 2. The minimum absolute atomic E-state index is 0.192. The largest absolute Gasteiger partial charge is 0.489 e. The molecule has 0 fully saturated rings. The van der Waals surface area contributed by atoms with Crippen LogP contribution < -0.4 is 15.6 Å². The average Bonchev–Trinajstić information content (AvgIpc) is 2.84. The Balaban J connectivity index is 0.000000638. The number of halogens is 1. The summed E-state index contributed by atoms with van der Waals surface area (Å²) in [6.45, 7) is 11.3. The molecule has 1 unspecified atom stereocenters. The van der Waals surface area contributed by atoms with Crippen molar-refractivity contribution in [3.05, 3.63) is 81.7 Å². The Morgan fingerprint density at radius 2 is 1.74 bits per heavy atom. The molecule has 0 aliphatic rings. The van der Waals surface area contributed by atoms with E-state index in [1.165, 1.54) is 16.8 Å². The van der Waals surface area contributed by atoms with E-state index in [-0.39, 0.29) is 17.6 Å². The first kappa shape index (κ1) is 30.1. The van der Waals surface area contributed by atoms with Crippen molar-refractivity contribution in [1.82, 2.24) is 4.57 Å². The van der Waals surface area contributed by atoms with Gasteiger partial charge in [-0.05, 0) is 71.9 Å². The molecule has 1 aromatic heterocycles. The third-order valence-electron chi connectivity index (χ3n) is 5.04. The van der Waals surface area contributed by atoms with Crippen LogP contribution >= 0.6 is 11.6 Å². The van der Waals surface area contributed by atoms with Crippen molar-refractivity contribution in [2.24, 2.45) is 0 Å². The number of hydrogen-bond donors (Lipinski definition) is 1. The molecule has 0 saturated carbocycles. The van der Waals surface area contributed by atoms with Crippen molar-refractivity contribution >= 4 is 29.7 Å². The van der Waals surface area contributed by atoms with Crippen LogP contribution in [0.15, 0.2) is 65.6 Å². The second kappa shape index (κ2) is 13.5. The van der Waals surface area contributed by atoms with Crippen LogP contribution in [0.3, 0.4) is 0 Å². The van der Waals surface area contributed by atoms with Gasteiger partial charge in [-0.1, -0.05) is 29.8 Å². The number of rotatable bonds is 7. The van der Waals surface area contributed by atoms with Crippen molar-refractivity contribution in [3.8, 4) is 22.9 Å². The van der Waals surface area contributed by atoms with E-state index in [9.17, 15) is 19.6 Å². The maximum absolute atomic E-state index is 12.9. The first-order chi connectivity index (χ1) is 17.9. The number of pyridine rings is 1. The average molecular weight is 538 g/mol. The number of aromatic nitrogens is 1. The van der Waals surface area contributed by atoms with Gasteiger partial charge in [-0.15, -0.1) is 0 Å². The van der Waals surface area contributed by atoms with E-state index in [1.54, 1.807) is 37.3 Å². The molecule has 38 heavy (non-hydrogen) atoms. The van der Waals surface area contributed by atoms with Gasteiger partial charge in [0, 0.05) is 27.9 Å². The fraction of sp³-hybridized carbons (Fsp3) is 0.310. The third kappa shape index (κ3) is 8.79. The van der Waals surface area contributed by atoms with Crippen LogP contribution in [0.5, 0.6) is 5.75 Å². The summed E-state index contributed by atoms with van der Waals surface area (Å²) in [6.07, 6.45) is 1.32. The minimum atomic E-state index is -0.786. The van der Waals surface area contributed by atoms with E-state index in [2.05, 4.69) is 16.1 Å². The van der Waals surface area contributed by atoms with Gasteiger partial charge in [0.15, 0.2) is 0 Å². The number of anilines is 1. The summed E-state index contributed by atoms with van der Waals surface area (Å²) in [5.74, 6) is 0.0461. The maximum Gasteiger partial charge on any atom is 0.293 e. The van der Waals surface area contributed by atoms with Gasteiger partial charge < -0.3 is 14.8 Å². The summed E-state index contributed by atoms with van der Waals surface area (Å²) >= 11 is 6.14. The second-order valence-corrected chi connectivity index (χ2v) is 10.1. The maximum atomic E-state index is 12.9. The molecule has 9 heteroatoms. The lowest BCUT2D eigenvalue weighted by Crippen LogP contribution is -2.31. The number of amides is 1. The molecule has 0 aliphatic heterocycles. The molecule has 0 bridgehead atoms. The molecular formula is C29H32ClN3O5. The SMILES string of the molecule is CC(C)(C)OC=O.CC(C)Oc1cn(C(C)C(=O)Nc2ccccc2)c(=O)cc1-c1cc(Cl)ccc1C#N. The monoisotopic (exact) mass is 537 g/mol. The number of carbonyl (C=O) groups is 2. The van der Waals surface area contributed by atoms with Crippen LogP contribution in [-0.4, -0.2) is 28.7 Å². The lowest BCUT2D eigenvalue weighted by molar-refractivity contribution is -0.138. The van der Waals surface area contributed by atoms with Crippen molar-refractivity contribution < 1.29 is 19.1 Å². The molecule has 8 nitrogen and oxygen atoms in total. The lowest BCUT2D eigenvalue weighted by atomic mass is 10.0. The Morgan fingerprint density at radius 1 is 1.08 bits per heavy atom. The summed E-state index contributed by atoms with van der Waals surface area (Å²) in [5.41, 5.74) is 1.24. The van der Waals surface area contributed by atoms with E-state index >= 15 is 0 Å². The fourth-order valence-electron chi connectivity index (χ4n) is 3.27. The van der Waals surface area contributed by atoms with E-state index in [0.29, 0.717) is 39.6 Å². The number of ether oxygens (including phenoxy) is 2. The Labute approximate surface area is 227 Å². The molecule has 0 saturated heterocycles. The molecule has 1 N–H and O–H groups in total. The first-order valence-electron chi connectivity index (χ1n) is 12.0. The van der Waals surface area contributed by atoms with Gasteiger partial charge in [0.1, 0.15) is 17.4 Å². The molecule has 2 aromatic carbocycles. The van der Waals surface area contributed by atoms with Gasteiger partial charge in [0.05, 0.1) is 23.9 Å². The highest BCUT2D eigenvalue weighted by Gasteiger charge is 2.21. The van der Waals surface area contributed by atoms with E-state index in [0.717, 1.165) is 0 Å². The van der Waals surface area contributed by atoms with E-state index < -0.39 is 11.6 Å². The van der Waals surface area contributed by atoms with Gasteiger partial charge in [0.2, 0.25) is 5.91 Å². The van der Waals surface area contributed by atoms with Gasteiger partial charge >= 0.3 is 0 Å². The summed E-state index contributed by atoms with van der Waals surface area (Å²) in [4.78, 5) is 35.3. The molecule has 0 radical (unpaired) electrons. The zero-order valence-corrected chi connectivity index (χ0v) is 23.1. The van der Waals surface area contributed by atoms with Crippen molar-refractivity contribution in [3.63, 3.8) is 0 Å². The highest BCUT2D eigenvalue weighted by atomic mass is 35.5. The lowest BCUT2D eigenvalue weighted by Gasteiger charge is -2.20. The highest BCUT2D eigenvalue weighted by molar-refractivity contribution is 6.31. The molecular weight excluding hydrogens is 506 g/mol. The molecule has 0 spiro atoms. The summed E-state index contributed by atoms with van der Waals surface area (Å²) in [7, 11) is 0. The summed E-state index contributed by atoms with van der Waals surface area (Å²) in [6, 6.07) is 16.6. The summed E-state index contributed by atoms with van der Waals surface area (Å²) in [5, 5.41) is 12.7. The molecule has 0 aliphatic carbocycles. The smallest absolute Gasteiger partial charge is 0.293 e. The Kier molecular flexibility index (Phi) is 10.7. The number of nitrogens with zero attached hydrogens (tertiary/aromatic N) is 2. The number of para-hydroxylation sites is 1. The number of nitriles is 1. The van der Waals surface area contributed by atoms with Crippen LogP contribution in [0.4, 0.5) is 5.69 Å². The number of nitrogens with one attached hydrogen (secondary N) is 1. The Bertz CT molecular complexity index is 1360. The zero-order valence-electron chi connectivity index (χ0n) is 22.3. The first-order valence-corrected chi connectivity index (χ1v) is 12.3. The Morgan fingerprint density at radius 3 is 2.26 bits per heavy atom. The topological polar surface area (TPSA) is 110 Å². The molecule has 3 aromatic rings. The quantitative estimate of drug-likeness (QED) is 0.371. The van der Waals surface area contributed by atoms with Gasteiger partial charge in [-0.3, -0.25) is 19.0 Å². The fourth-order valence-corrected chi connectivity index (χ4v) is 3.44. The predicted octanol–water partition coefficient (Wildman–Crippen LogP) is 5.99. The van der Waals surface area contributed by atoms with Crippen LogP contribution in [0.1, 0.15) is 53.1 Å². The molecule has 1 atom stereocenters. The summed E-state index contributed by atoms with van der Waals surface area (Å²) < 4.78 is 11.8.